The summed E-state index contributed by atoms with van der Waals surface area (Å²) in [5, 5.41) is 32.6. The summed E-state index contributed by atoms with van der Waals surface area (Å²) in [6.07, 6.45) is -3.89. The van der Waals surface area contributed by atoms with Gasteiger partial charge in [0.25, 0.3) is 11.5 Å². The number of carbonyl (C=O) groups excluding carboxylic acids is 1. The number of rotatable bonds is 4. The number of aliphatic hydroxyl groups is 2. The molecule has 1 aromatic heterocycles. The molecule has 3 rings (SSSR count). The van der Waals surface area contributed by atoms with Gasteiger partial charge in [0.2, 0.25) is 0 Å². The normalized spacial score (nSPS) is 24.7. The van der Waals surface area contributed by atoms with Crippen molar-refractivity contribution in [1.29, 1.82) is 0 Å². The summed E-state index contributed by atoms with van der Waals surface area (Å²) >= 11 is 0. The van der Waals surface area contributed by atoms with Gasteiger partial charge in [-0.1, -0.05) is 6.07 Å². The van der Waals surface area contributed by atoms with Crippen molar-refractivity contribution in [2.24, 2.45) is 0 Å². The van der Waals surface area contributed by atoms with Crippen LogP contribution in [0.5, 0.6) is 5.75 Å². The van der Waals surface area contributed by atoms with Crippen LogP contribution in [0.1, 0.15) is 22.1 Å². The number of phenolic OH excluding ortho intramolecular Hbond substituents is 1. The van der Waals surface area contributed by atoms with Crippen molar-refractivity contribution >= 4 is 5.91 Å². The summed E-state index contributed by atoms with van der Waals surface area (Å²) in [6.45, 7) is 1.60. The van der Waals surface area contributed by atoms with Crippen molar-refractivity contribution in [3.8, 4) is 5.75 Å². The lowest BCUT2D eigenvalue weighted by Gasteiger charge is -2.16. The molecule has 1 aliphatic heterocycles. The molecule has 2 heterocycles. The summed E-state index contributed by atoms with van der Waals surface area (Å²) in [6, 6.07) is 5.65. The standard InChI is InChI=1S/C17H19N3O7/c1-8-2-3-9(10(21)6-8)15(25)18-7-11-13(23)14(24)16(27-11)20-5-4-12(22)19-17(20)26/h2-6,11,13-14,16,21,23-24H,7H2,1H3,(H,18,25)(H,19,22,26)/t11-,13-,14-,16-/m1/s1. The van der Waals surface area contributed by atoms with Gasteiger partial charge in [0.1, 0.15) is 24.1 Å². The summed E-state index contributed by atoms with van der Waals surface area (Å²) in [5.74, 6) is -0.763. The average molecular weight is 377 g/mol. The van der Waals surface area contributed by atoms with E-state index in [1.165, 1.54) is 12.1 Å². The lowest BCUT2D eigenvalue weighted by Crippen LogP contribution is -2.40. The Balaban J connectivity index is 1.70. The van der Waals surface area contributed by atoms with E-state index in [4.69, 9.17) is 4.74 Å². The van der Waals surface area contributed by atoms with Gasteiger partial charge in [-0.3, -0.25) is 19.1 Å². The maximum atomic E-state index is 12.2. The molecule has 5 N–H and O–H groups in total. The van der Waals surface area contributed by atoms with Crippen molar-refractivity contribution in [2.75, 3.05) is 6.54 Å². The van der Waals surface area contributed by atoms with Crippen LogP contribution in [-0.2, 0) is 4.74 Å². The van der Waals surface area contributed by atoms with Gasteiger partial charge >= 0.3 is 5.69 Å². The number of phenols is 1. The van der Waals surface area contributed by atoms with Gasteiger partial charge in [0.05, 0.1) is 5.56 Å². The second kappa shape index (κ2) is 7.35. The molecule has 2 aromatic rings. The first kappa shape index (κ1) is 18.8. The average Bonchev–Trinajstić information content (AvgIpc) is 2.88. The number of aromatic hydroxyl groups is 1. The fourth-order valence-corrected chi connectivity index (χ4v) is 2.88. The third-order valence-corrected chi connectivity index (χ3v) is 4.32. The molecule has 10 heteroatoms. The van der Waals surface area contributed by atoms with E-state index in [9.17, 15) is 29.7 Å². The zero-order chi connectivity index (χ0) is 19.7. The first-order chi connectivity index (χ1) is 12.8. The number of benzene rings is 1. The van der Waals surface area contributed by atoms with Gasteiger partial charge in [-0.15, -0.1) is 0 Å². The maximum Gasteiger partial charge on any atom is 0.330 e. The third-order valence-electron chi connectivity index (χ3n) is 4.32. The molecular formula is C17H19N3O7. The Morgan fingerprint density at radius 2 is 2.00 bits per heavy atom. The predicted molar refractivity (Wildman–Crippen MR) is 92.4 cm³/mol. The largest absolute Gasteiger partial charge is 0.507 e. The van der Waals surface area contributed by atoms with Crippen molar-refractivity contribution < 1.29 is 24.9 Å². The molecule has 1 aliphatic rings. The first-order valence-electron chi connectivity index (χ1n) is 8.19. The number of nitrogens with one attached hydrogen (secondary N) is 2. The molecular weight excluding hydrogens is 358 g/mol. The van der Waals surface area contributed by atoms with E-state index in [1.54, 1.807) is 13.0 Å². The van der Waals surface area contributed by atoms with Crippen LogP contribution in [0.25, 0.3) is 0 Å². The molecule has 1 fully saturated rings. The quantitative estimate of drug-likeness (QED) is 0.439. The number of aromatic nitrogens is 2. The fourth-order valence-electron chi connectivity index (χ4n) is 2.88. The number of amides is 1. The molecule has 10 nitrogen and oxygen atoms in total. The lowest BCUT2D eigenvalue weighted by molar-refractivity contribution is -0.0387. The third kappa shape index (κ3) is 3.77. The highest BCUT2D eigenvalue weighted by atomic mass is 16.6. The summed E-state index contributed by atoms with van der Waals surface area (Å²) in [4.78, 5) is 37.2. The minimum atomic E-state index is -1.44. The number of nitrogens with zero attached hydrogens (tertiary/aromatic N) is 1. The molecule has 1 saturated heterocycles. The fraction of sp³-hybridized carbons (Fsp3) is 0.353. The van der Waals surface area contributed by atoms with E-state index < -0.39 is 41.7 Å². The topological polar surface area (TPSA) is 154 Å². The molecule has 0 radical (unpaired) electrons. The van der Waals surface area contributed by atoms with Gasteiger partial charge in [0.15, 0.2) is 6.23 Å². The van der Waals surface area contributed by atoms with E-state index in [0.29, 0.717) is 0 Å². The molecule has 144 valence electrons. The van der Waals surface area contributed by atoms with Crippen LogP contribution in [0.4, 0.5) is 0 Å². The molecule has 0 spiro atoms. The number of H-pyrrole nitrogens is 1. The molecule has 4 atom stereocenters. The Kier molecular flexibility index (Phi) is 5.13. The monoisotopic (exact) mass is 377 g/mol. The summed E-state index contributed by atoms with van der Waals surface area (Å²) in [5.41, 5.74) is -0.558. The minimum absolute atomic E-state index is 0.0574. The van der Waals surface area contributed by atoms with E-state index in [2.05, 4.69) is 5.32 Å². The van der Waals surface area contributed by atoms with Crippen LogP contribution >= 0.6 is 0 Å². The molecule has 1 amide bonds. The first-order valence-corrected chi connectivity index (χ1v) is 8.19. The maximum absolute atomic E-state index is 12.2. The predicted octanol–water partition coefficient (Wildman–Crippen LogP) is -1.40. The second-order valence-electron chi connectivity index (χ2n) is 6.29. The molecule has 0 saturated carbocycles. The van der Waals surface area contributed by atoms with Crippen molar-refractivity contribution in [2.45, 2.75) is 31.5 Å². The lowest BCUT2D eigenvalue weighted by atomic mass is 10.1. The van der Waals surface area contributed by atoms with E-state index in [1.807, 2.05) is 4.98 Å². The number of aliphatic hydroxyl groups excluding tert-OH is 2. The Morgan fingerprint density at radius 1 is 1.26 bits per heavy atom. The summed E-state index contributed by atoms with van der Waals surface area (Å²) in [7, 11) is 0. The number of hydrogen-bond acceptors (Lipinski definition) is 7. The van der Waals surface area contributed by atoms with Crippen molar-refractivity contribution in [3.63, 3.8) is 0 Å². The summed E-state index contributed by atoms with van der Waals surface area (Å²) < 4.78 is 6.44. The highest BCUT2D eigenvalue weighted by Gasteiger charge is 2.44. The molecule has 0 aliphatic carbocycles. The highest BCUT2D eigenvalue weighted by molar-refractivity contribution is 5.96. The number of carbonyl (C=O) groups is 1. The van der Waals surface area contributed by atoms with Gasteiger partial charge in [-0.2, -0.15) is 0 Å². The number of aryl methyl sites for hydroxylation is 1. The van der Waals surface area contributed by atoms with Crippen LogP contribution < -0.4 is 16.6 Å². The van der Waals surface area contributed by atoms with E-state index in [-0.39, 0.29) is 17.9 Å². The van der Waals surface area contributed by atoms with Gasteiger partial charge < -0.3 is 25.4 Å². The van der Waals surface area contributed by atoms with Crippen LogP contribution in [0.3, 0.4) is 0 Å². The highest BCUT2D eigenvalue weighted by Crippen LogP contribution is 2.28. The van der Waals surface area contributed by atoms with E-state index in [0.717, 1.165) is 22.4 Å². The zero-order valence-corrected chi connectivity index (χ0v) is 14.3. The van der Waals surface area contributed by atoms with Gasteiger partial charge in [-0.05, 0) is 24.6 Å². The second-order valence-corrected chi connectivity index (χ2v) is 6.29. The van der Waals surface area contributed by atoms with Crippen molar-refractivity contribution in [3.05, 3.63) is 62.4 Å². The van der Waals surface area contributed by atoms with Crippen LogP contribution in [0.2, 0.25) is 0 Å². The Labute approximate surface area is 152 Å². The van der Waals surface area contributed by atoms with Crippen molar-refractivity contribution in [1.82, 2.24) is 14.9 Å². The minimum Gasteiger partial charge on any atom is -0.507 e. The molecule has 0 bridgehead atoms. The van der Waals surface area contributed by atoms with Crippen LogP contribution in [0, 0.1) is 6.92 Å². The smallest absolute Gasteiger partial charge is 0.330 e. The van der Waals surface area contributed by atoms with Crippen LogP contribution in [-0.4, -0.2) is 55.6 Å². The molecule has 0 unspecified atom stereocenters. The number of hydrogen-bond donors (Lipinski definition) is 5. The Hall–Kier alpha value is -2.95. The SMILES string of the molecule is Cc1ccc(C(=O)NC[C@H]2O[C@@H](n3ccc(=O)[nH]c3=O)[C@H](O)[C@@H]2O)c(O)c1. The van der Waals surface area contributed by atoms with E-state index >= 15 is 0 Å². The molecule has 1 aromatic carbocycles. The number of aromatic amines is 1. The van der Waals surface area contributed by atoms with Gasteiger partial charge in [0, 0.05) is 18.8 Å². The Morgan fingerprint density at radius 3 is 2.67 bits per heavy atom. The zero-order valence-electron chi connectivity index (χ0n) is 14.3. The van der Waals surface area contributed by atoms with Crippen LogP contribution in [0.15, 0.2) is 40.1 Å². The van der Waals surface area contributed by atoms with Gasteiger partial charge in [-0.25, -0.2) is 4.79 Å². The number of ether oxygens (including phenoxy) is 1. The molecule has 27 heavy (non-hydrogen) atoms. The Bertz CT molecular complexity index is 967.